The van der Waals surface area contributed by atoms with E-state index in [-0.39, 0.29) is 17.6 Å². The van der Waals surface area contributed by atoms with E-state index < -0.39 is 0 Å². The largest absolute Gasteiger partial charge is 0.369 e. The van der Waals surface area contributed by atoms with Gasteiger partial charge in [-0.05, 0) is 13.8 Å². The molecule has 0 saturated carbocycles. The molecule has 4 N–H and O–H groups in total. The summed E-state index contributed by atoms with van der Waals surface area (Å²) in [5.41, 5.74) is 6.85. The van der Waals surface area contributed by atoms with Crippen LogP contribution in [0, 0.1) is 13.8 Å². The Morgan fingerprint density at radius 1 is 1.47 bits per heavy atom. The van der Waals surface area contributed by atoms with Crippen molar-refractivity contribution in [2.45, 2.75) is 20.3 Å². The van der Waals surface area contributed by atoms with Gasteiger partial charge >= 0.3 is 0 Å². The second-order valence-corrected chi connectivity index (χ2v) is 4.74. The van der Waals surface area contributed by atoms with Crippen molar-refractivity contribution in [3.8, 4) is 0 Å². The molecule has 17 heavy (non-hydrogen) atoms. The zero-order valence-electron chi connectivity index (χ0n) is 9.87. The molecule has 94 valence electrons. The summed E-state index contributed by atoms with van der Waals surface area (Å²) in [6.07, 6.45) is 0.337. The molecule has 0 saturated heterocycles. The Morgan fingerprint density at radius 2 is 2.18 bits per heavy atom. The number of carbonyl (C=O) groups excluding carboxylic acids is 2. The van der Waals surface area contributed by atoms with E-state index in [0.29, 0.717) is 18.0 Å². The molecule has 1 rings (SSSR count). The first-order valence-electron chi connectivity index (χ1n) is 5.18. The summed E-state index contributed by atoms with van der Waals surface area (Å²) in [6, 6.07) is 0. The van der Waals surface area contributed by atoms with E-state index in [1.165, 1.54) is 11.8 Å². The van der Waals surface area contributed by atoms with Gasteiger partial charge in [-0.2, -0.15) is 16.9 Å². The molecule has 0 unspecified atom stereocenters. The number of anilines is 1. The quantitative estimate of drug-likeness (QED) is 0.648. The van der Waals surface area contributed by atoms with E-state index in [4.69, 9.17) is 5.73 Å². The summed E-state index contributed by atoms with van der Waals surface area (Å²) in [7, 11) is 0. The normalized spacial score (nSPS) is 10.2. The number of thioether (sulfide) groups is 1. The fourth-order valence-electron chi connectivity index (χ4n) is 1.14. The third kappa shape index (κ3) is 4.48. The second-order valence-electron chi connectivity index (χ2n) is 3.64. The molecule has 0 atom stereocenters. The van der Waals surface area contributed by atoms with Crippen LogP contribution in [0.2, 0.25) is 0 Å². The van der Waals surface area contributed by atoms with E-state index in [1.807, 2.05) is 13.8 Å². The highest BCUT2D eigenvalue weighted by atomic mass is 32.2. The molecule has 0 fully saturated rings. The maximum atomic E-state index is 11.5. The van der Waals surface area contributed by atoms with Crippen molar-refractivity contribution in [3.05, 3.63) is 11.3 Å². The number of nitrogens with one attached hydrogen (secondary N) is 2. The van der Waals surface area contributed by atoms with Crippen LogP contribution in [0.25, 0.3) is 0 Å². The Bertz CT molecular complexity index is 416. The minimum absolute atomic E-state index is 0.114. The van der Waals surface area contributed by atoms with Crippen molar-refractivity contribution in [2.75, 3.05) is 16.8 Å². The van der Waals surface area contributed by atoms with Gasteiger partial charge in [0, 0.05) is 23.4 Å². The van der Waals surface area contributed by atoms with Crippen LogP contribution in [0.15, 0.2) is 0 Å². The minimum atomic E-state index is -0.367. The molecule has 0 aliphatic carbocycles. The Morgan fingerprint density at radius 3 is 2.71 bits per heavy atom. The number of primary amides is 1. The average Bonchev–Trinajstić information content (AvgIpc) is 2.56. The minimum Gasteiger partial charge on any atom is -0.369 e. The summed E-state index contributed by atoms with van der Waals surface area (Å²) in [6.45, 7) is 3.77. The van der Waals surface area contributed by atoms with Gasteiger partial charge in [-0.15, -0.1) is 0 Å². The summed E-state index contributed by atoms with van der Waals surface area (Å²) in [5.74, 6) is 0.892. The molecule has 7 heteroatoms. The highest BCUT2D eigenvalue weighted by molar-refractivity contribution is 7.99. The van der Waals surface area contributed by atoms with E-state index >= 15 is 0 Å². The third-order valence-corrected chi connectivity index (χ3v) is 3.21. The van der Waals surface area contributed by atoms with Gasteiger partial charge in [0.05, 0.1) is 5.75 Å². The lowest BCUT2D eigenvalue weighted by Gasteiger charge is -2.02. The topological polar surface area (TPSA) is 101 Å². The fraction of sp³-hybridized carbons (Fsp3) is 0.500. The van der Waals surface area contributed by atoms with Crippen LogP contribution in [0.4, 0.5) is 5.82 Å². The molecule has 2 amide bonds. The summed E-state index contributed by atoms with van der Waals surface area (Å²) in [5, 5.41) is 9.48. The van der Waals surface area contributed by atoms with Gasteiger partial charge in [0.1, 0.15) is 0 Å². The van der Waals surface area contributed by atoms with Crippen molar-refractivity contribution in [1.29, 1.82) is 0 Å². The van der Waals surface area contributed by atoms with Crippen LogP contribution >= 0.6 is 11.8 Å². The SMILES string of the molecule is Cc1[nH]nc(NC(=O)CCSCC(N)=O)c1C. The van der Waals surface area contributed by atoms with Crippen molar-refractivity contribution < 1.29 is 9.59 Å². The van der Waals surface area contributed by atoms with Gasteiger partial charge in [0.25, 0.3) is 0 Å². The van der Waals surface area contributed by atoms with E-state index in [9.17, 15) is 9.59 Å². The first-order valence-corrected chi connectivity index (χ1v) is 6.33. The van der Waals surface area contributed by atoms with Crippen molar-refractivity contribution in [1.82, 2.24) is 10.2 Å². The van der Waals surface area contributed by atoms with Crippen LogP contribution in [0.1, 0.15) is 17.7 Å². The van der Waals surface area contributed by atoms with Crippen LogP contribution in [0.3, 0.4) is 0 Å². The Hall–Kier alpha value is -1.50. The molecule has 1 aromatic heterocycles. The lowest BCUT2D eigenvalue weighted by atomic mass is 10.3. The monoisotopic (exact) mass is 256 g/mol. The lowest BCUT2D eigenvalue weighted by molar-refractivity contribution is -0.116. The predicted octanol–water partition coefficient (Wildman–Crippen LogP) is 0.574. The number of amides is 2. The molecule has 0 radical (unpaired) electrons. The van der Waals surface area contributed by atoms with Crippen molar-refractivity contribution in [3.63, 3.8) is 0 Å². The number of nitrogens with zero attached hydrogens (tertiary/aromatic N) is 1. The Kier molecular flexibility index (Phi) is 5.02. The van der Waals surface area contributed by atoms with Crippen LogP contribution in [-0.2, 0) is 9.59 Å². The average molecular weight is 256 g/mol. The van der Waals surface area contributed by atoms with Crippen LogP contribution in [-0.4, -0.2) is 33.5 Å². The van der Waals surface area contributed by atoms with E-state index in [0.717, 1.165) is 11.3 Å². The molecular formula is C10H16N4O2S. The Labute approximate surface area is 104 Å². The van der Waals surface area contributed by atoms with Gasteiger partial charge in [-0.25, -0.2) is 0 Å². The zero-order valence-corrected chi connectivity index (χ0v) is 10.7. The number of carbonyl (C=O) groups is 2. The molecule has 1 heterocycles. The summed E-state index contributed by atoms with van der Waals surface area (Å²) in [4.78, 5) is 22.0. The smallest absolute Gasteiger partial charge is 0.227 e. The number of H-pyrrole nitrogens is 1. The standard InChI is InChI=1S/C10H16N4O2S/c1-6-7(2)13-14-10(6)12-9(16)3-4-17-5-8(11)15/h3-5H2,1-2H3,(H2,11,15)(H2,12,13,14,16). The summed E-state index contributed by atoms with van der Waals surface area (Å²) >= 11 is 1.35. The summed E-state index contributed by atoms with van der Waals surface area (Å²) < 4.78 is 0. The van der Waals surface area contributed by atoms with E-state index in [1.54, 1.807) is 0 Å². The van der Waals surface area contributed by atoms with Crippen molar-refractivity contribution in [2.24, 2.45) is 5.73 Å². The molecule has 0 aliphatic heterocycles. The second kappa shape index (κ2) is 6.29. The highest BCUT2D eigenvalue weighted by Gasteiger charge is 2.09. The Balaban J connectivity index is 2.30. The van der Waals surface area contributed by atoms with Gasteiger partial charge in [0.2, 0.25) is 11.8 Å². The maximum absolute atomic E-state index is 11.5. The molecule has 0 aliphatic rings. The maximum Gasteiger partial charge on any atom is 0.227 e. The number of nitrogens with two attached hydrogens (primary N) is 1. The van der Waals surface area contributed by atoms with Gasteiger partial charge in [-0.1, -0.05) is 0 Å². The number of hydrogen-bond donors (Lipinski definition) is 3. The number of hydrogen-bond acceptors (Lipinski definition) is 4. The highest BCUT2D eigenvalue weighted by Crippen LogP contribution is 2.14. The van der Waals surface area contributed by atoms with Crippen LogP contribution < -0.4 is 11.1 Å². The van der Waals surface area contributed by atoms with Gasteiger partial charge < -0.3 is 11.1 Å². The number of rotatable bonds is 6. The first kappa shape index (κ1) is 13.6. The predicted molar refractivity (Wildman–Crippen MR) is 67.8 cm³/mol. The third-order valence-electron chi connectivity index (χ3n) is 2.23. The number of aromatic amines is 1. The number of aryl methyl sites for hydroxylation is 1. The molecule has 0 spiro atoms. The molecule has 0 bridgehead atoms. The lowest BCUT2D eigenvalue weighted by Crippen LogP contribution is -2.16. The molecular weight excluding hydrogens is 240 g/mol. The first-order chi connectivity index (χ1) is 8.00. The van der Waals surface area contributed by atoms with Gasteiger partial charge in [0.15, 0.2) is 5.82 Å². The number of aromatic nitrogens is 2. The van der Waals surface area contributed by atoms with Gasteiger partial charge in [-0.3, -0.25) is 14.7 Å². The molecule has 0 aromatic carbocycles. The van der Waals surface area contributed by atoms with Crippen molar-refractivity contribution >= 4 is 29.4 Å². The molecule has 6 nitrogen and oxygen atoms in total. The molecule has 1 aromatic rings. The zero-order chi connectivity index (χ0) is 12.8. The van der Waals surface area contributed by atoms with Crippen LogP contribution in [0.5, 0.6) is 0 Å². The fourth-order valence-corrected chi connectivity index (χ4v) is 1.81. The van der Waals surface area contributed by atoms with E-state index in [2.05, 4.69) is 15.5 Å².